The lowest BCUT2D eigenvalue weighted by Gasteiger charge is -2.31. The molecule has 0 radical (unpaired) electrons. The number of carbonyl (C=O) groups excluding carboxylic acids is 1. The van der Waals surface area contributed by atoms with Crippen LogP contribution in [-0.4, -0.2) is 54.0 Å². The first-order valence-corrected chi connectivity index (χ1v) is 9.82. The molecule has 1 amide bonds. The molecule has 3 aromatic heterocycles. The molecule has 1 aliphatic rings. The van der Waals surface area contributed by atoms with E-state index in [4.69, 9.17) is 4.52 Å². The number of hydrogen-bond donors (Lipinski definition) is 1. The Bertz CT molecular complexity index is 1150. The zero-order valence-electron chi connectivity index (χ0n) is 16.1. The molecule has 1 aromatic carbocycles. The van der Waals surface area contributed by atoms with Crippen molar-refractivity contribution in [1.29, 1.82) is 0 Å². The van der Waals surface area contributed by atoms with Gasteiger partial charge in [-0.15, -0.1) is 5.10 Å². The van der Waals surface area contributed by atoms with E-state index in [1.165, 1.54) is 0 Å². The fourth-order valence-corrected chi connectivity index (χ4v) is 3.76. The molecule has 5 rings (SSSR count). The van der Waals surface area contributed by atoms with Gasteiger partial charge in [0.1, 0.15) is 0 Å². The second-order valence-electron chi connectivity index (χ2n) is 7.26. The van der Waals surface area contributed by atoms with E-state index in [1.54, 1.807) is 0 Å². The third-order valence-corrected chi connectivity index (χ3v) is 5.44. The van der Waals surface area contributed by atoms with E-state index in [0.29, 0.717) is 36.9 Å². The first-order valence-electron chi connectivity index (χ1n) is 9.82. The number of aryl methyl sites for hydroxylation is 1. The van der Waals surface area contributed by atoms with Crippen LogP contribution in [0.3, 0.4) is 0 Å². The zero-order chi connectivity index (χ0) is 19.8. The highest BCUT2D eigenvalue weighted by atomic mass is 16.5. The Hall–Kier alpha value is -3.49. The summed E-state index contributed by atoms with van der Waals surface area (Å²) in [5.74, 6) is 1.11. The van der Waals surface area contributed by atoms with Crippen LogP contribution in [0.1, 0.15) is 42.0 Å². The van der Waals surface area contributed by atoms with Crippen molar-refractivity contribution in [3.8, 4) is 11.6 Å². The van der Waals surface area contributed by atoms with Gasteiger partial charge in [-0.2, -0.15) is 4.98 Å². The number of nitrogens with one attached hydrogen (secondary N) is 1. The Balaban J connectivity index is 1.25. The Kier molecular flexibility index (Phi) is 4.34. The highest BCUT2D eigenvalue weighted by molar-refractivity contribution is 5.98. The van der Waals surface area contributed by atoms with Crippen molar-refractivity contribution >= 4 is 16.8 Å². The molecule has 1 aliphatic heterocycles. The monoisotopic (exact) mass is 391 g/mol. The number of H-pyrrole nitrogens is 1. The van der Waals surface area contributed by atoms with Crippen molar-refractivity contribution in [2.45, 2.75) is 32.2 Å². The molecule has 1 saturated heterocycles. The summed E-state index contributed by atoms with van der Waals surface area (Å²) in [5.41, 5.74) is 2.34. The summed E-state index contributed by atoms with van der Waals surface area (Å²) in [4.78, 5) is 22.2. The Morgan fingerprint density at radius 3 is 2.93 bits per heavy atom. The average Bonchev–Trinajstić information content (AvgIpc) is 3.52. The summed E-state index contributed by atoms with van der Waals surface area (Å²) < 4.78 is 7.08. The molecule has 9 nitrogen and oxygen atoms in total. The lowest BCUT2D eigenvalue weighted by atomic mass is 10.0. The number of hydrogen-bond acceptors (Lipinski definition) is 6. The van der Waals surface area contributed by atoms with Gasteiger partial charge in [-0.3, -0.25) is 4.79 Å². The third kappa shape index (κ3) is 3.28. The van der Waals surface area contributed by atoms with Crippen LogP contribution in [0, 0.1) is 0 Å². The number of fused-ring (bicyclic) bond motifs is 1. The minimum absolute atomic E-state index is 0.0729. The number of rotatable bonds is 4. The molecule has 4 heterocycles. The minimum atomic E-state index is 0.0729. The molecule has 0 unspecified atom stereocenters. The second kappa shape index (κ2) is 7.16. The normalized spacial score (nSPS) is 15.3. The number of nitrogens with zero attached hydrogens (tertiary/aromatic N) is 6. The number of amides is 1. The molecule has 0 spiro atoms. The smallest absolute Gasteiger partial charge is 0.280 e. The summed E-state index contributed by atoms with van der Waals surface area (Å²) >= 11 is 0. The molecule has 0 aliphatic carbocycles. The molecule has 148 valence electrons. The average molecular weight is 391 g/mol. The van der Waals surface area contributed by atoms with E-state index < -0.39 is 0 Å². The van der Waals surface area contributed by atoms with Gasteiger partial charge in [0.25, 0.3) is 11.8 Å². The summed E-state index contributed by atoms with van der Waals surface area (Å²) in [5, 5.41) is 13.4. The Morgan fingerprint density at radius 2 is 2.14 bits per heavy atom. The molecule has 1 N–H and O–H groups in total. The number of piperidine rings is 1. The fraction of sp³-hybridized carbons (Fsp3) is 0.350. The lowest BCUT2D eigenvalue weighted by molar-refractivity contribution is 0.0689. The second-order valence-corrected chi connectivity index (χ2v) is 7.26. The molecule has 1 fully saturated rings. The van der Waals surface area contributed by atoms with Crippen LogP contribution in [0.5, 0.6) is 0 Å². The fourth-order valence-electron chi connectivity index (χ4n) is 3.76. The van der Waals surface area contributed by atoms with Crippen LogP contribution < -0.4 is 0 Å². The quantitative estimate of drug-likeness (QED) is 0.573. The number of carbonyl (C=O) groups is 1. The van der Waals surface area contributed by atoms with Gasteiger partial charge in [0.2, 0.25) is 0 Å². The summed E-state index contributed by atoms with van der Waals surface area (Å²) in [6.07, 6.45) is 6.08. The third-order valence-electron chi connectivity index (χ3n) is 5.44. The summed E-state index contributed by atoms with van der Waals surface area (Å²) in [6, 6.07) is 7.95. The van der Waals surface area contributed by atoms with Crippen LogP contribution in [0.4, 0.5) is 0 Å². The van der Waals surface area contributed by atoms with Crippen molar-refractivity contribution in [3.05, 3.63) is 48.0 Å². The highest BCUT2D eigenvalue weighted by Gasteiger charge is 2.26. The number of likely N-dealkylation sites (tertiary alicyclic amines) is 1. The Labute approximate surface area is 166 Å². The van der Waals surface area contributed by atoms with Crippen LogP contribution >= 0.6 is 0 Å². The number of benzene rings is 1. The van der Waals surface area contributed by atoms with Gasteiger partial charge in [-0.25, -0.2) is 4.68 Å². The summed E-state index contributed by atoms with van der Waals surface area (Å²) in [6.45, 7) is 3.34. The SMILES string of the molecule is CCc1noc(-c2cn(C3CCN(C(=O)c4ccc5[nH]ccc5c4)CC3)nn2)n1. The van der Waals surface area contributed by atoms with Gasteiger partial charge in [-0.05, 0) is 37.1 Å². The van der Waals surface area contributed by atoms with Crippen LogP contribution in [0.15, 0.2) is 41.2 Å². The minimum Gasteiger partial charge on any atom is -0.361 e. The van der Waals surface area contributed by atoms with E-state index in [0.717, 1.165) is 29.3 Å². The first-order chi connectivity index (χ1) is 14.2. The van der Waals surface area contributed by atoms with Crippen LogP contribution in [0.2, 0.25) is 0 Å². The van der Waals surface area contributed by atoms with Crippen molar-refractivity contribution in [1.82, 2.24) is 35.0 Å². The standard InChI is InChI=1S/C20H21N7O2/c1-2-18-22-19(29-24-18)17-12-27(25-23-17)15-6-9-26(10-7-15)20(28)14-3-4-16-13(11-14)5-8-21-16/h3-5,8,11-12,15,21H,2,6-7,9-10H2,1H3. The largest absolute Gasteiger partial charge is 0.361 e. The van der Waals surface area contributed by atoms with Crippen molar-refractivity contribution in [2.75, 3.05) is 13.1 Å². The van der Waals surface area contributed by atoms with Crippen molar-refractivity contribution in [2.24, 2.45) is 0 Å². The van der Waals surface area contributed by atoms with E-state index in [-0.39, 0.29) is 11.9 Å². The summed E-state index contributed by atoms with van der Waals surface area (Å²) in [7, 11) is 0. The number of aromatic amines is 1. The predicted molar refractivity (Wildman–Crippen MR) is 105 cm³/mol. The zero-order valence-corrected chi connectivity index (χ0v) is 16.1. The van der Waals surface area contributed by atoms with Crippen LogP contribution in [0.25, 0.3) is 22.5 Å². The van der Waals surface area contributed by atoms with Gasteiger partial charge >= 0.3 is 0 Å². The maximum absolute atomic E-state index is 12.9. The first kappa shape index (κ1) is 17.6. The molecule has 0 atom stereocenters. The van der Waals surface area contributed by atoms with Crippen molar-refractivity contribution in [3.63, 3.8) is 0 Å². The maximum Gasteiger partial charge on any atom is 0.280 e. The van der Waals surface area contributed by atoms with Crippen molar-refractivity contribution < 1.29 is 9.32 Å². The van der Waals surface area contributed by atoms with E-state index in [2.05, 4.69) is 25.4 Å². The molecular weight excluding hydrogens is 370 g/mol. The molecule has 0 bridgehead atoms. The molecule has 29 heavy (non-hydrogen) atoms. The van der Waals surface area contributed by atoms with Gasteiger partial charge in [0.15, 0.2) is 11.5 Å². The van der Waals surface area contributed by atoms with Crippen LogP contribution in [-0.2, 0) is 6.42 Å². The Morgan fingerprint density at radius 1 is 1.28 bits per heavy atom. The van der Waals surface area contributed by atoms with Gasteiger partial charge in [0, 0.05) is 42.2 Å². The molecule has 9 heteroatoms. The molecule has 4 aromatic rings. The number of aromatic nitrogens is 6. The predicted octanol–water partition coefficient (Wildman–Crippen LogP) is 2.85. The van der Waals surface area contributed by atoms with Gasteiger partial charge < -0.3 is 14.4 Å². The maximum atomic E-state index is 12.9. The lowest BCUT2D eigenvalue weighted by Crippen LogP contribution is -2.39. The van der Waals surface area contributed by atoms with E-state index >= 15 is 0 Å². The van der Waals surface area contributed by atoms with E-state index in [1.807, 2.05) is 53.2 Å². The molecule has 0 saturated carbocycles. The van der Waals surface area contributed by atoms with E-state index in [9.17, 15) is 4.79 Å². The molecular formula is C20H21N7O2. The topological polar surface area (TPSA) is 106 Å². The van der Waals surface area contributed by atoms with Gasteiger partial charge in [-0.1, -0.05) is 17.3 Å². The highest BCUT2D eigenvalue weighted by Crippen LogP contribution is 2.25. The van der Waals surface area contributed by atoms with Gasteiger partial charge in [0.05, 0.1) is 12.2 Å².